The Morgan fingerprint density at radius 1 is 0.920 bits per heavy atom. The number of hydrogen-bond acceptors (Lipinski definition) is 4. The lowest BCUT2D eigenvalue weighted by molar-refractivity contribution is 0.303. The summed E-state index contributed by atoms with van der Waals surface area (Å²) in [7, 11) is 0. The number of nitrogens with zero attached hydrogens (tertiary/aromatic N) is 1. The molecule has 4 nitrogen and oxygen atoms in total. The fourth-order valence-electron chi connectivity index (χ4n) is 2.88. The highest BCUT2D eigenvalue weighted by Gasteiger charge is 2.11. The quantitative estimate of drug-likeness (QED) is 0.180. The standard InChI is InChI=1S/C21H35NO3/c1-3-5-7-9-10-11-13-20(22-24)19-15-14-18(17-21(19)23)25-16-12-8-6-4-2/h14-15,17,23-24H,3-13,16H2,1-2H3/b22-20+. The smallest absolute Gasteiger partial charge is 0.128 e. The Hall–Kier alpha value is -1.71. The summed E-state index contributed by atoms with van der Waals surface area (Å²) in [6.07, 6.45) is 12.4. The topological polar surface area (TPSA) is 62.1 Å². The zero-order valence-corrected chi connectivity index (χ0v) is 16.0. The molecule has 0 aliphatic carbocycles. The maximum absolute atomic E-state index is 10.2. The second kappa shape index (κ2) is 13.6. The van der Waals surface area contributed by atoms with Crippen LogP contribution < -0.4 is 4.74 Å². The minimum atomic E-state index is 0.116. The molecule has 0 radical (unpaired) electrons. The number of phenolic OH excluding ortho intramolecular Hbond substituents is 1. The van der Waals surface area contributed by atoms with Gasteiger partial charge in [0.25, 0.3) is 0 Å². The van der Waals surface area contributed by atoms with E-state index in [1.807, 2.05) is 6.07 Å². The minimum Gasteiger partial charge on any atom is -0.507 e. The molecule has 0 aliphatic heterocycles. The molecule has 0 aromatic heterocycles. The third kappa shape index (κ3) is 8.80. The van der Waals surface area contributed by atoms with Crippen LogP contribution in [-0.4, -0.2) is 22.6 Å². The number of unbranched alkanes of at least 4 members (excludes halogenated alkanes) is 8. The van der Waals surface area contributed by atoms with E-state index in [-0.39, 0.29) is 5.75 Å². The molecular formula is C21H35NO3. The minimum absolute atomic E-state index is 0.116. The number of oxime groups is 1. The Balaban J connectivity index is 2.44. The first-order chi connectivity index (χ1) is 12.2. The first-order valence-electron chi connectivity index (χ1n) is 9.90. The van der Waals surface area contributed by atoms with E-state index < -0.39 is 0 Å². The summed E-state index contributed by atoms with van der Waals surface area (Å²) >= 11 is 0. The first kappa shape index (κ1) is 21.3. The van der Waals surface area contributed by atoms with Crippen LogP contribution >= 0.6 is 0 Å². The Bertz CT molecular complexity index is 500. The van der Waals surface area contributed by atoms with Crippen molar-refractivity contribution in [2.75, 3.05) is 6.61 Å². The summed E-state index contributed by atoms with van der Waals surface area (Å²) in [6.45, 7) is 5.05. The molecule has 0 atom stereocenters. The van der Waals surface area contributed by atoms with E-state index in [1.165, 1.54) is 44.9 Å². The highest BCUT2D eigenvalue weighted by atomic mass is 16.5. The molecule has 0 saturated heterocycles. The average molecular weight is 350 g/mol. The molecule has 0 spiro atoms. The molecule has 0 heterocycles. The van der Waals surface area contributed by atoms with E-state index in [1.54, 1.807) is 12.1 Å². The van der Waals surface area contributed by atoms with Gasteiger partial charge in [0, 0.05) is 11.6 Å². The van der Waals surface area contributed by atoms with Crippen molar-refractivity contribution in [2.24, 2.45) is 5.16 Å². The summed E-state index contributed by atoms with van der Waals surface area (Å²) in [6, 6.07) is 5.23. The predicted octanol–water partition coefficient (Wildman–Crippen LogP) is 6.28. The molecule has 0 aliphatic rings. The van der Waals surface area contributed by atoms with Gasteiger partial charge in [-0.05, 0) is 31.4 Å². The lowest BCUT2D eigenvalue weighted by Gasteiger charge is -2.10. The van der Waals surface area contributed by atoms with Gasteiger partial charge in [-0.25, -0.2) is 0 Å². The molecule has 0 unspecified atom stereocenters. The number of aromatic hydroxyl groups is 1. The van der Waals surface area contributed by atoms with Crippen LogP contribution in [0.2, 0.25) is 0 Å². The summed E-state index contributed by atoms with van der Waals surface area (Å²) in [5, 5.41) is 22.9. The molecule has 4 heteroatoms. The molecule has 1 aromatic rings. The van der Waals surface area contributed by atoms with Crippen LogP contribution in [0.1, 0.15) is 90.0 Å². The monoisotopic (exact) mass is 349 g/mol. The van der Waals surface area contributed by atoms with Crippen molar-refractivity contribution in [1.29, 1.82) is 0 Å². The number of hydrogen-bond donors (Lipinski definition) is 2. The van der Waals surface area contributed by atoms with Gasteiger partial charge in [-0.15, -0.1) is 0 Å². The Morgan fingerprint density at radius 3 is 2.20 bits per heavy atom. The van der Waals surface area contributed by atoms with Gasteiger partial charge in [0.05, 0.1) is 12.3 Å². The zero-order chi connectivity index (χ0) is 18.3. The zero-order valence-electron chi connectivity index (χ0n) is 16.0. The van der Waals surface area contributed by atoms with Crippen molar-refractivity contribution in [3.63, 3.8) is 0 Å². The predicted molar refractivity (Wildman–Crippen MR) is 104 cm³/mol. The van der Waals surface area contributed by atoms with Crippen molar-refractivity contribution in [2.45, 2.75) is 84.5 Å². The molecule has 0 fully saturated rings. The van der Waals surface area contributed by atoms with Crippen molar-refractivity contribution in [1.82, 2.24) is 0 Å². The molecular weight excluding hydrogens is 314 g/mol. The maximum atomic E-state index is 10.2. The number of benzene rings is 1. The van der Waals surface area contributed by atoms with Crippen LogP contribution in [0.15, 0.2) is 23.4 Å². The van der Waals surface area contributed by atoms with Gasteiger partial charge in [-0.1, -0.05) is 70.4 Å². The van der Waals surface area contributed by atoms with Crippen molar-refractivity contribution < 1.29 is 15.1 Å². The lowest BCUT2D eigenvalue weighted by atomic mass is 10.0. The molecule has 2 N–H and O–H groups in total. The molecule has 0 bridgehead atoms. The van der Waals surface area contributed by atoms with E-state index in [2.05, 4.69) is 19.0 Å². The second-order valence-electron chi connectivity index (χ2n) is 6.65. The van der Waals surface area contributed by atoms with E-state index in [0.29, 0.717) is 30.1 Å². The van der Waals surface area contributed by atoms with Crippen LogP contribution in [0, 0.1) is 0 Å². The molecule has 142 valence electrons. The van der Waals surface area contributed by atoms with Crippen molar-refractivity contribution >= 4 is 5.71 Å². The van der Waals surface area contributed by atoms with Gasteiger partial charge in [-0.2, -0.15) is 0 Å². The van der Waals surface area contributed by atoms with E-state index in [9.17, 15) is 10.3 Å². The van der Waals surface area contributed by atoms with Crippen molar-refractivity contribution in [3.05, 3.63) is 23.8 Å². The summed E-state index contributed by atoms with van der Waals surface area (Å²) in [5.74, 6) is 0.777. The van der Waals surface area contributed by atoms with Gasteiger partial charge >= 0.3 is 0 Å². The SMILES string of the molecule is CCCCCCCC/C(=N\O)c1ccc(OCCCCCC)cc1O. The van der Waals surface area contributed by atoms with Crippen LogP contribution in [0.5, 0.6) is 11.5 Å². The molecule has 0 amide bonds. The van der Waals surface area contributed by atoms with Gasteiger partial charge in [-0.3, -0.25) is 0 Å². The highest BCUT2D eigenvalue weighted by molar-refractivity contribution is 6.02. The number of ether oxygens (including phenoxy) is 1. The molecule has 0 saturated carbocycles. The number of rotatable bonds is 14. The Morgan fingerprint density at radius 2 is 1.56 bits per heavy atom. The van der Waals surface area contributed by atoms with Crippen LogP contribution in [0.25, 0.3) is 0 Å². The third-order valence-corrected chi connectivity index (χ3v) is 4.43. The Labute approximate surface area is 152 Å². The average Bonchev–Trinajstić information content (AvgIpc) is 2.62. The van der Waals surface area contributed by atoms with Gasteiger partial charge < -0.3 is 15.1 Å². The van der Waals surface area contributed by atoms with E-state index >= 15 is 0 Å². The van der Waals surface area contributed by atoms with Crippen molar-refractivity contribution in [3.8, 4) is 11.5 Å². The third-order valence-electron chi connectivity index (χ3n) is 4.43. The fourth-order valence-corrected chi connectivity index (χ4v) is 2.88. The van der Waals surface area contributed by atoms with Gasteiger partial charge in [0.1, 0.15) is 11.5 Å². The first-order valence-corrected chi connectivity index (χ1v) is 9.90. The lowest BCUT2D eigenvalue weighted by Crippen LogP contribution is -2.03. The summed E-state index contributed by atoms with van der Waals surface area (Å²) in [5.41, 5.74) is 1.14. The van der Waals surface area contributed by atoms with Crippen LogP contribution in [0.4, 0.5) is 0 Å². The van der Waals surface area contributed by atoms with E-state index in [0.717, 1.165) is 19.3 Å². The summed E-state index contributed by atoms with van der Waals surface area (Å²) in [4.78, 5) is 0. The Kier molecular flexibility index (Phi) is 11.6. The second-order valence-corrected chi connectivity index (χ2v) is 6.65. The fraction of sp³-hybridized carbons (Fsp3) is 0.667. The maximum Gasteiger partial charge on any atom is 0.128 e. The van der Waals surface area contributed by atoms with Crippen LogP contribution in [-0.2, 0) is 0 Å². The molecule has 1 rings (SSSR count). The number of phenols is 1. The highest BCUT2D eigenvalue weighted by Crippen LogP contribution is 2.26. The van der Waals surface area contributed by atoms with Gasteiger partial charge in [0.15, 0.2) is 0 Å². The molecule has 25 heavy (non-hydrogen) atoms. The molecule has 1 aromatic carbocycles. The largest absolute Gasteiger partial charge is 0.507 e. The van der Waals surface area contributed by atoms with E-state index in [4.69, 9.17) is 4.74 Å². The van der Waals surface area contributed by atoms with Crippen LogP contribution in [0.3, 0.4) is 0 Å². The summed E-state index contributed by atoms with van der Waals surface area (Å²) < 4.78 is 5.68. The normalized spacial score (nSPS) is 11.7. The van der Waals surface area contributed by atoms with Gasteiger partial charge in [0.2, 0.25) is 0 Å².